The minimum atomic E-state index is 0.180. The van der Waals surface area contributed by atoms with Crippen molar-refractivity contribution in [1.29, 1.82) is 0 Å². The van der Waals surface area contributed by atoms with Crippen molar-refractivity contribution in [3.8, 4) is 0 Å². The molecule has 0 aromatic rings. The number of ether oxygens (including phenoxy) is 3. The van der Waals surface area contributed by atoms with E-state index in [2.05, 4.69) is 33.0 Å². The Morgan fingerprint density at radius 1 is 0.642 bits per heavy atom. The Balaban J connectivity index is 1.33. The highest BCUT2D eigenvalue weighted by Gasteiger charge is 2.66. The second kappa shape index (κ2) is 24.5. The first kappa shape index (κ1) is 45.4. The lowest BCUT2D eigenvalue weighted by molar-refractivity contribution is -0.227. The second-order valence-corrected chi connectivity index (χ2v) is 18.9. The van der Waals surface area contributed by atoms with Gasteiger partial charge in [-0.2, -0.15) is 0 Å². The van der Waals surface area contributed by atoms with E-state index in [0.717, 1.165) is 52.0 Å². The van der Waals surface area contributed by atoms with Gasteiger partial charge >= 0.3 is 0 Å². The summed E-state index contributed by atoms with van der Waals surface area (Å²) in [6.07, 6.45) is 30.5. The minimum absolute atomic E-state index is 0.180. The molecule has 0 amide bonds. The highest BCUT2D eigenvalue weighted by atomic mass is 16.5. The third-order valence-electron chi connectivity index (χ3n) is 15.5. The Kier molecular flexibility index (Phi) is 21.0. The van der Waals surface area contributed by atoms with Crippen LogP contribution in [-0.2, 0) is 14.2 Å². The van der Waals surface area contributed by atoms with Crippen molar-refractivity contribution in [2.45, 2.75) is 194 Å². The van der Waals surface area contributed by atoms with Crippen LogP contribution in [0, 0.1) is 46.3 Å². The molecule has 0 radical (unpaired) electrons. The van der Waals surface area contributed by atoms with E-state index >= 15 is 0 Å². The van der Waals surface area contributed by atoms with E-state index in [9.17, 15) is 0 Å². The van der Waals surface area contributed by atoms with Crippen molar-refractivity contribution in [2.75, 3.05) is 52.5 Å². The van der Waals surface area contributed by atoms with Crippen LogP contribution >= 0.6 is 0 Å². The molecule has 0 heterocycles. The quantitative estimate of drug-likeness (QED) is 0.0564. The first-order chi connectivity index (χ1) is 25.8. The summed E-state index contributed by atoms with van der Waals surface area (Å²) in [5, 5.41) is 3.81. The van der Waals surface area contributed by atoms with Crippen molar-refractivity contribution >= 4 is 0 Å². The molecule has 4 aliphatic carbocycles. The van der Waals surface area contributed by atoms with Gasteiger partial charge in [0.2, 0.25) is 0 Å². The van der Waals surface area contributed by atoms with Crippen LogP contribution in [0.4, 0.5) is 0 Å². The van der Waals surface area contributed by atoms with Crippen molar-refractivity contribution < 1.29 is 14.2 Å². The predicted octanol–water partition coefficient (Wildman–Crippen LogP) is 9.38. The molecule has 0 saturated heterocycles. The molecule has 4 rings (SSSR count). The average molecular weight is 747 g/mol. The first-order valence-corrected chi connectivity index (χ1v) is 23.5. The SMILES string of the molecule is CCCCCCCCCCCCCNCCC[C@@H](C)[C@H]1CC[C@H]2[C@@H]3[C@H](OCCCN)C[C@@H]4C[C@H](OCCCN)CC[C@]4(C)[C@H]3CC(OCCCN)[C@]12C. The Morgan fingerprint density at radius 3 is 1.91 bits per heavy atom. The van der Waals surface area contributed by atoms with Gasteiger partial charge in [-0.3, -0.25) is 0 Å². The van der Waals surface area contributed by atoms with E-state index in [-0.39, 0.29) is 5.41 Å². The molecule has 7 heteroatoms. The van der Waals surface area contributed by atoms with Gasteiger partial charge in [0, 0.05) is 25.2 Å². The molecule has 7 N–H and O–H groups in total. The third-order valence-corrected chi connectivity index (χ3v) is 15.5. The molecule has 312 valence electrons. The minimum Gasteiger partial charge on any atom is -0.378 e. The van der Waals surface area contributed by atoms with Crippen LogP contribution in [0.3, 0.4) is 0 Å². The van der Waals surface area contributed by atoms with E-state index in [4.69, 9.17) is 31.4 Å². The molecule has 53 heavy (non-hydrogen) atoms. The van der Waals surface area contributed by atoms with Gasteiger partial charge in [0.25, 0.3) is 0 Å². The van der Waals surface area contributed by atoms with E-state index in [0.29, 0.717) is 78.9 Å². The summed E-state index contributed by atoms with van der Waals surface area (Å²) in [5.74, 6) is 3.91. The summed E-state index contributed by atoms with van der Waals surface area (Å²) in [4.78, 5) is 0. The van der Waals surface area contributed by atoms with Gasteiger partial charge in [-0.1, -0.05) is 91.9 Å². The summed E-state index contributed by atoms with van der Waals surface area (Å²) in [7, 11) is 0. The Labute approximate surface area is 328 Å². The van der Waals surface area contributed by atoms with Gasteiger partial charge in [-0.25, -0.2) is 0 Å². The van der Waals surface area contributed by atoms with Gasteiger partial charge in [0.15, 0.2) is 0 Å². The molecule has 4 fully saturated rings. The molecule has 0 bridgehead atoms. The molecule has 0 aromatic heterocycles. The van der Waals surface area contributed by atoms with Crippen LogP contribution < -0.4 is 22.5 Å². The van der Waals surface area contributed by atoms with E-state index < -0.39 is 0 Å². The maximum Gasteiger partial charge on any atom is 0.0637 e. The Hall–Kier alpha value is -0.280. The van der Waals surface area contributed by atoms with Gasteiger partial charge in [-0.05, 0) is 157 Å². The summed E-state index contributed by atoms with van der Waals surface area (Å²) in [6.45, 7) is 17.0. The number of nitrogens with one attached hydrogen (secondary N) is 1. The molecule has 0 aliphatic heterocycles. The predicted molar refractivity (Wildman–Crippen MR) is 224 cm³/mol. The summed E-state index contributed by atoms with van der Waals surface area (Å²) < 4.78 is 20.4. The molecule has 1 unspecified atom stereocenters. The van der Waals surface area contributed by atoms with Crippen molar-refractivity contribution in [3.05, 3.63) is 0 Å². The van der Waals surface area contributed by atoms with Crippen LogP contribution in [0.1, 0.15) is 175 Å². The number of hydrogen-bond acceptors (Lipinski definition) is 7. The molecule has 11 atom stereocenters. The van der Waals surface area contributed by atoms with E-state index in [1.807, 2.05) is 0 Å². The van der Waals surface area contributed by atoms with E-state index in [1.165, 1.54) is 129 Å². The molecule has 0 aromatic carbocycles. The van der Waals surface area contributed by atoms with E-state index in [1.54, 1.807) is 0 Å². The monoisotopic (exact) mass is 747 g/mol. The lowest BCUT2D eigenvalue weighted by Crippen LogP contribution is -2.63. The number of rotatable bonds is 29. The number of unbranched alkanes of at least 4 members (excludes halogenated alkanes) is 10. The average Bonchev–Trinajstić information content (AvgIpc) is 3.52. The zero-order valence-corrected chi connectivity index (χ0v) is 35.6. The fourth-order valence-electron chi connectivity index (χ4n) is 12.4. The molecule has 4 aliphatic rings. The van der Waals surface area contributed by atoms with Crippen LogP contribution in [0.5, 0.6) is 0 Å². The van der Waals surface area contributed by atoms with Crippen LogP contribution in [-0.4, -0.2) is 70.9 Å². The third kappa shape index (κ3) is 12.6. The fraction of sp³-hybridized carbons (Fsp3) is 1.00. The lowest BCUT2D eigenvalue weighted by atomic mass is 9.43. The summed E-state index contributed by atoms with van der Waals surface area (Å²) in [6, 6.07) is 0. The van der Waals surface area contributed by atoms with Gasteiger partial charge in [-0.15, -0.1) is 0 Å². The topological polar surface area (TPSA) is 118 Å². The summed E-state index contributed by atoms with van der Waals surface area (Å²) >= 11 is 0. The number of hydrogen-bond donors (Lipinski definition) is 4. The lowest BCUT2D eigenvalue weighted by Gasteiger charge is -2.65. The first-order valence-electron chi connectivity index (χ1n) is 23.5. The fourth-order valence-corrected chi connectivity index (χ4v) is 12.4. The van der Waals surface area contributed by atoms with Gasteiger partial charge < -0.3 is 36.7 Å². The molecule has 4 saturated carbocycles. The maximum atomic E-state index is 7.06. The van der Waals surface area contributed by atoms with Gasteiger partial charge in [0.05, 0.1) is 18.3 Å². The van der Waals surface area contributed by atoms with Crippen LogP contribution in [0.2, 0.25) is 0 Å². The Morgan fingerprint density at radius 2 is 1.25 bits per heavy atom. The second-order valence-electron chi connectivity index (χ2n) is 18.9. The molecule has 7 nitrogen and oxygen atoms in total. The van der Waals surface area contributed by atoms with Gasteiger partial charge in [0.1, 0.15) is 0 Å². The maximum absolute atomic E-state index is 7.06. The molecular formula is C46H90N4O3. The summed E-state index contributed by atoms with van der Waals surface area (Å²) in [5.41, 5.74) is 18.3. The highest BCUT2D eigenvalue weighted by Crippen LogP contribution is 2.69. The van der Waals surface area contributed by atoms with Crippen LogP contribution in [0.15, 0.2) is 0 Å². The molecular weight excluding hydrogens is 657 g/mol. The van der Waals surface area contributed by atoms with Crippen molar-refractivity contribution in [2.24, 2.45) is 63.5 Å². The van der Waals surface area contributed by atoms with Crippen molar-refractivity contribution in [3.63, 3.8) is 0 Å². The Bertz CT molecular complexity index is 956. The highest BCUT2D eigenvalue weighted by molar-refractivity contribution is 5.15. The normalized spacial score (nSPS) is 34.5. The largest absolute Gasteiger partial charge is 0.378 e. The smallest absolute Gasteiger partial charge is 0.0637 e. The number of fused-ring (bicyclic) bond motifs is 5. The standard InChI is InChI=1S/C46H90N4O3/c1-5-6-7-8-9-10-11-12-13-14-15-28-50-29-16-20-36(2)39-21-22-40-44-41(35-43(46(39,40)4)53-32-19-27-49)45(3)24-23-38(51-30-17-25-47)33-37(45)34-42(44)52-31-18-26-48/h36-44,50H,5-35,47-49H2,1-4H3/t36-,37+,38-,39-,40+,41+,42-,43?,44+,45+,46-/m1/s1. The number of nitrogens with two attached hydrogens (primary N) is 3. The van der Waals surface area contributed by atoms with Crippen LogP contribution in [0.25, 0.3) is 0 Å². The van der Waals surface area contributed by atoms with Crippen molar-refractivity contribution in [1.82, 2.24) is 5.32 Å². The zero-order valence-electron chi connectivity index (χ0n) is 35.6. The molecule has 0 spiro atoms. The zero-order chi connectivity index (χ0) is 37.9.